The molecule has 1 atom stereocenters. The molecular weight excluding hydrogens is 340 g/mol. The Balaban J connectivity index is 1.90. The standard InChI is InChI=1S/C15H12BrClN2O/c16-11(7-10-3-1-2-4-12(10)17)9-5-6-13-14(8-9)19-15(20)18-13/h1-6,8,11H,7H2,(H2,18,19,20). The highest BCUT2D eigenvalue weighted by atomic mass is 79.9. The van der Waals surface area contributed by atoms with Crippen molar-refractivity contribution in [2.75, 3.05) is 0 Å². The number of alkyl halides is 1. The van der Waals surface area contributed by atoms with Crippen LogP contribution in [0.25, 0.3) is 11.0 Å². The summed E-state index contributed by atoms with van der Waals surface area (Å²) in [6, 6.07) is 13.7. The van der Waals surface area contributed by atoms with Crippen molar-refractivity contribution in [2.24, 2.45) is 0 Å². The molecule has 0 fully saturated rings. The van der Waals surface area contributed by atoms with Crippen molar-refractivity contribution < 1.29 is 0 Å². The second-order valence-electron chi connectivity index (χ2n) is 4.65. The Kier molecular flexibility index (Phi) is 3.68. The molecule has 0 amide bonds. The molecule has 3 nitrogen and oxygen atoms in total. The molecule has 1 aromatic heterocycles. The molecule has 2 N–H and O–H groups in total. The van der Waals surface area contributed by atoms with Gasteiger partial charge in [-0.15, -0.1) is 0 Å². The van der Waals surface area contributed by atoms with E-state index in [1.807, 2.05) is 42.5 Å². The Bertz CT molecular complexity index is 809. The van der Waals surface area contributed by atoms with Gasteiger partial charge in [0.2, 0.25) is 0 Å². The fraction of sp³-hybridized carbons (Fsp3) is 0.133. The largest absolute Gasteiger partial charge is 0.323 e. The first-order valence-electron chi connectivity index (χ1n) is 6.23. The van der Waals surface area contributed by atoms with E-state index in [1.165, 1.54) is 0 Å². The summed E-state index contributed by atoms with van der Waals surface area (Å²) in [6.07, 6.45) is 0.792. The molecule has 2 aromatic carbocycles. The summed E-state index contributed by atoms with van der Waals surface area (Å²) in [5.41, 5.74) is 3.65. The molecule has 0 bridgehead atoms. The Hall–Kier alpha value is -1.52. The second-order valence-corrected chi connectivity index (χ2v) is 6.16. The normalized spacial score (nSPS) is 12.7. The molecule has 0 radical (unpaired) electrons. The zero-order chi connectivity index (χ0) is 14.1. The third-order valence-electron chi connectivity index (χ3n) is 3.26. The van der Waals surface area contributed by atoms with E-state index in [1.54, 1.807) is 0 Å². The van der Waals surface area contributed by atoms with Crippen LogP contribution in [0.3, 0.4) is 0 Å². The van der Waals surface area contributed by atoms with Gasteiger partial charge in [0.05, 0.1) is 11.0 Å². The average Bonchev–Trinajstić information content (AvgIpc) is 2.80. The Labute approximate surface area is 129 Å². The number of halogens is 2. The number of H-pyrrole nitrogens is 2. The molecule has 5 heteroatoms. The highest BCUT2D eigenvalue weighted by Gasteiger charge is 2.11. The van der Waals surface area contributed by atoms with Crippen molar-refractivity contribution in [1.82, 2.24) is 9.97 Å². The minimum Gasteiger partial charge on any atom is -0.306 e. The maximum absolute atomic E-state index is 11.3. The lowest BCUT2D eigenvalue weighted by Gasteiger charge is -2.11. The molecule has 102 valence electrons. The van der Waals surface area contributed by atoms with Crippen LogP contribution >= 0.6 is 27.5 Å². The van der Waals surface area contributed by atoms with Crippen LogP contribution in [-0.2, 0) is 6.42 Å². The quantitative estimate of drug-likeness (QED) is 0.683. The lowest BCUT2D eigenvalue weighted by Crippen LogP contribution is -1.99. The van der Waals surface area contributed by atoms with Gasteiger partial charge in [-0.25, -0.2) is 4.79 Å². The Morgan fingerprint density at radius 2 is 1.85 bits per heavy atom. The van der Waals surface area contributed by atoms with Crippen molar-refractivity contribution in [2.45, 2.75) is 11.2 Å². The van der Waals surface area contributed by atoms with E-state index in [9.17, 15) is 4.79 Å². The van der Waals surface area contributed by atoms with Gasteiger partial charge in [0.15, 0.2) is 0 Å². The number of rotatable bonds is 3. The average molecular weight is 352 g/mol. The number of benzene rings is 2. The fourth-order valence-electron chi connectivity index (χ4n) is 2.22. The smallest absolute Gasteiger partial charge is 0.306 e. The van der Waals surface area contributed by atoms with Gasteiger partial charge in [-0.2, -0.15) is 0 Å². The van der Waals surface area contributed by atoms with Crippen molar-refractivity contribution in [3.63, 3.8) is 0 Å². The highest BCUT2D eigenvalue weighted by Crippen LogP contribution is 2.30. The van der Waals surface area contributed by atoms with E-state index in [0.29, 0.717) is 0 Å². The summed E-state index contributed by atoms with van der Waals surface area (Å²) in [4.78, 5) is 16.9. The lowest BCUT2D eigenvalue weighted by molar-refractivity contribution is 0.951. The van der Waals surface area contributed by atoms with E-state index < -0.39 is 0 Å². The number of imidazole rings is 1. The van der Waals surface area contributed by atoms with Gasteiger partial charge >= 0.3 is 5.69 Å². The maximum Gasteiger partial charge on any atom is 0.323 e. The van der Waals surface area contributed by atoms with Crippen LogP contribution < -0.4 is 5.69 Å². The predicted molar refractivity (Wildman–Crippen MR) is 85.7 cm³/mol. The summed E-state index contributed by atoms with van der Waals surface area (Å²) in [5, 5.41) is 0.771. The van der Waals surface area contributed by atoms with Crippen molar-refractivity contribution >= 4 is 38.6 Å². The number of hydrogen-bond donors (Lipinski definition) is 2. The summed E-state index contributed by atoms with van der Waals surface area (Å²) in [6.45, 7) is 0. The molecule has 0 aliphatic rings. The van der Waals surface area contributed by atoms with Crippen molar-refractivity contribution in [3.05, 3.63) is 69.1 Å². The number of fused-ring (bicyclic) bond motifs is 1. The van der Waals surface area contributed by atoms with E-state index in [4.69, 9.17) is 11.6 Å². The Morgan fingerprint density at radius 1 is 1.10 bits per heavy atom. The predicted octanol–water partition coefficient (Wildman–Crippen LogP) is 4.19. The molecule has 1 unspecified atom stereocenters. The summed E-state index contributed by atoms with van der Waals surface area (Å²) >= 11 is 9.87. The van der Waals surface area contributed by atoms with Gasteiger partial charge in [0, 0.05) is 9.85 Å². The first-order valence-corrected chi connectivity index (χ1v) is 7.52. The Morgan fingerprint density at radius 3 is 2.65 bits per heavy atom. The van der Waals surface area contributed by atoms with Crippen LogP contribution in [0.5, 0.6) is 0 Å². The van der Waals surface area contributed by atoms with E-state index in [0.717, 1.165) is 33.6 Å². The third-order valence-corrected chi connectivity index (χ3v) is 4.48. The van der Waals surface area contributed by atoms with Gasteiger partial charge in [-0.1, -0.05) is 51.8 Å². The third kappa shape index (κ3) is 2.67. The van der Waals surface area contributed by atoms with Crippen LogP contribution in [0.2, 0.25) is 5.02 Å². The maximum atomic E-state index is 11.3. The molecule has 1 heterocycles. The molecule has 0 saturated heterocycles. The molecule has 0 aliphatic carbocycles. The molecule has 0 aliphatic heterocycles. The first kappa shape index (κ1) is 13.5. The first-order chi connectivity index (χ1) is 9.63. The molecule has 3 rings (SSSR count). The highest BCUT2D eigenvalue weighted by molar-refractivity contribution is 9.09. The molecule has 0 spiro atoms. The lowest BCUT2D eigenvalue weighted by atomic mass is 10.0. The SMILES string of the molecule is O=c1[nH]c2ccc(C(Br)Cc3ccccc3Cl)cc2[nH]1. The van der Waals surface area contributed by atoms with Gasteiger partial charge in [0.1, 0.15) is 0 Å². The minimum absolute atomic E-state index is 0.144. The van der Waals surface area contributed by atoms with Crippen LogP contribution in [0.1, 0.15) is 16.0 Å². The summed E-state index contributed by atoms with van der Waals surface area (Å²) in [7, 11) is 0. The second kappa shape index (κ2) is 5.46. The van der Waals surface area contributed by atoms with Gasteiger partial charge in [0.25, 0.3) is 0 Å². The number of nitrogens with one attached hydrogen (secondary N) is 2. The molecule has 0 saturated carbocycles. The van der Waals surface area contributed by atoms with Crippen LogP contribution in [0, 0.1) is 0 Å². The number of aromatic amines is 2. The summed E-state index contributed by atoms with van der Waals surface area (Å²) in [5.74, 6) is 0. The molecule has 20 heavy (non-hydrogen) atoms. The number of aromatic nitrogens is 2. The van der Waals surface area contributed by atoms with Crippen LogP contribution in [0.15, 0.2) is 47.3 Å². The van der Waals surface area contributed by atoms with E-state index in [-0.39, 0.29) is 10.5 Å². The van der Waals surface area contributed by atoms with Gasteiger partial charge < -0.3 is 9.97 Å². The molecular formula is C15H12BrClN2O. The topological polar surface area (TPSA) is 48.6 Å². The summed E-state index contributed by atoms with van der Waals surface area (Å²) < 4.78 is 0. The van der Waals surface area contributed by atoms with Gasteiger partial charge in [-0.3, -0.25) is 0 Å². The van der Waals surface area contributed by atoms with Crippen LogP contribution in [0.4, 0.5) is 0 Å². The van der Waals surface area contributed by atoms with Crippen LogP contribution in [-0.4, -0.2) is 9.97 Å². The zero-order valence-corrected chi connectivity index (χ0v) is 12.8. The minimum atomic E-state index is -0.186. The monoisotopic (exact) mass is 350 g/mol. The van der Waals surface area contributed by atoms with Crippen molar-refractivity contribution in [1.29, 1.82) is 0 Å². The van der Waals surface area contributed by atoms with E-state index >= 15 is 0 Å². The fourth-order valence-corrected chi connectivity index (χ4v) is 3.07. The zero-order valence-electron chi connectivity index (χ0n) is 10.5. The van der Waals surface area contributed by atoms with E-state index in [2.05, 4.69) is 25.9 Å². The molecule has 3 aromatic rings. The number of hydrogen-bond acceptors (Lipinski definition) is 1. The van der Waals surface area contributed by atoms with Gasteiger partial charge in [-0.05, 0) is 35.7 Å². The van der Waals surface area contributed by atoms with Crippen molar-refractivity contribution in [3.8, 4) is 0 Å².